The first-order chi connectivity index (χ1) is 23.1. The standard InChI is InChI=1S/C37H35N5O5S/c1-26-35(41-48(3,44)45)7-4-8-36(26)42(24-28-9-13-31(39-2)14-10-28)25-29-11-15-32(16-12-29)47-34-21-30(37(38)43)20-33(22-34)46-19-17-27-6-5-18-40-23-27/h4-16,18,20-23,41H,17,19,24-25H2,1,3H3,(H2,38,43). The predicted octanol–water partition coefficient (Wildman–Crippen LogP) is 7.03. The van der Waals surface area contributed by atoms with Crippen LogP contribution in [0.4, 0.5) is 17.1 Å². The second-order valence-electron chi connectivity index (χ2n) is 11.2. The molecule has 0 saturated carbocycles. The van der Waals surface area contributed by atoms with E-state index in [0.717, 1.165) is 34.2 Å². The monoisotopic (exact) mass is 661 g/mol. The van der Waals surface area contributed by atoms with E-state index in [4.69, 9.17) is 21.8 Å². The molecule has 0 atom stereocenters. The summed E-state index contributed by atoms with van der Waals surface area (Å²) < 4.78 is 38.7. The first kappa shape index (κ1) is 33.5. The molecule has 0 aliphatic heterocycles. The molecule has 4 aromatic carbocycles. The SMILES string of the molecule is [C-]#[N+]c1ccc(CN(Cc2ccc(Oc3cc(OCCc4cccnc4)cc(C(N)=O)c3)cc2)c2cccc(NS(C)(=O)=O)c2C)cc1. The van der Waals surface area contributed by atoms with Gasteiger partial charge < -0.3 is 20.1 Å². The van der Waals surface area contributed by atoms with E-state index in [1.807, 2.05) is 67.6 Å². The number of aromatic nitrogens is 1. The van der Waals surface area contributed by atoms with Gasteiger partial charge in [-0.2, -0.15) is 0 Å². The minimum Gasteiger partial charge on any atom is -0.493 e. The van der Waals surface area contributed by atoms with Crippen molar-refractivity contribution < 1.29 is 22.7 Å². The second kappa shape index (κ2) is 15.2. The number of benzene rings is 4. The molecule has 244 valence electrons. The van der Waals surface area contributed by atoms with Gasteiger partial charge in [-0.05, 0) is 71.6 Å². The highest BCUT2D eigenvalue weighted by Crippen LogP contribution is 2.32. The van der Waals surface area contributed by atoms with Crippen LogP contribution in [0.25, 0.3) is 4.85 Å². The molecule has 0 spiro atoms. The molecule has 1 aromatic heterocycles. The molecule has 5 rings (SSSR count). The number of amides is 1. The van der Waals surface area contributed by atoms with Crippen molar-refractivity contribution in [1.29, 1.82) is 0 Å². The first-order valence-corrected chi connectivity index (χ1v) is 17.0. The Labute approximate surface area is 280 Å². The third-order valence-corrected chi connectivity index (χ3v) is 8.05. The van der Waals surface area contributed by atoms with Gasteiger partial charge in [0.1, 0.15) is 17.2 Å². The summed E-state index contributed by atoms with van der Waals surface area (Å²) in [5, 5.41) is 0. The van der Waals surface area contributed by atoms with Crippen LogP contribution in [0.2, 0.25) is 0 Å². The average molecular weight is 662 g/mol. The number of carbonyl (C=O) groups excluding carboxylic acids is 1. The van der Waals surface area contributed by atoms with Crippen molar-refractivity contribution in [2.45, 2.75) is 26.4 Å². The fourth-order valence-corrected chi connectivity index (χ4v) is 5.73. The van der Waals surface area contributed by atoms with Gasteiger partial charge in [0.25, 0.3) is 0 Å². The first-order valence-electron chi connectivity index (χ1n) is 15.1. The summed E-state index contributed by atoms with van der Waals surface area (Å²) in [5.41, 5.74) is 11.6. The topological polar surface area (TPSA) is 128 Å². The van der Waals surface area contributed by atoms with E-state index >= 15 is 0 Å². The van der Waals surface area contributed by atoms with Gasteiger partial charge in [-0.1, -0.05) is 48.5 Å². The molecule has 5 aromatic rings. The zero-order valence-corrected chi connectivity index (χ0v) is 27.4. The Kier molecular flexibility index (Phi) is 10.6. The van der Waals surface area contributed by atoms with Gasteiger partial charge in [-0.15, -0.1) is 0 Å². The van der Waals surface area contributed by atoms with Crippen LogP contribution in [0.3, 0.4) is 0 Å². The number of nitrogens with one attached hydrogen (secondary N) is 1. The summed E-state index contributed by atoms with van der Waals surface area (Å²) in [6, 6.07) is 29.2. The number of nitrogens with zero attached hydrogens (tertiary/aromatic N) is 3. The zero-order valence-electron chi connectivity index (χ0n) is 26.6. The fraction of sp³-hybridized carbons (Fsp3) is 0.162. The van der Waals surface area contributed by atoms with Crippen LogP contribution < -0.4 is 24.8 Å². The van der Waals surface area contributed by atoms with Crippen molar-refractivity contribution in [3.05, 3.63) is 149 Å². The molecule has 0 bridgehead atoms. The van der Waals surface area contributed by atoms with Gasteiger partial charge in [0, 0.05) is 49.2 Å². The zero-order chi connectivity index (χ0) is 34.1. The molecule has 48 heavy (non-hydrogen) atoms. The van der Waals surface area contributed by atoms with Crippen LogP contribution in [0.1, 0.15) is 32.6 Å². The number of primary amides is 1. The third-order valence-electron chi connectivity index (χ3n) is 7.46. The number of carbonyl (C=O) groups is 1. The van der Waals surface area contributed by atoms with Crippen molar-refractivity contribution in [2.75, 3.05) is 22.5 Å². The smallest absolute Gasteiger partial charge is 0.248 e. The molecule has 1 amide bonds. The maximum atomic E-state index is 12.0. The highest BCUT2D eigenvalue weighted by atomic mass is 32.2. The lowest BCUT2D eigenvalue weighted by atomic mass is 10.1. The molecular formula is C37H35N5O5S. The van der Waals surface area contributed by atoms with E-state index in [-0.39, 0.29) is 5.56 Å². The fourth-order valence-electron chi connectivity index (χ4n) is 5.11. The quantitative estimate of drug-likeness (QED) is 0.122. The lowest BCUT2D eigenvalue weighted by molar-refractivity contribution is 0.0999. The number of anilines is 2. The Morgan fingerprint density at radius 1 is 0.896 bits per heavy atom. The van der Waals surface area contributed by atoms with Gasteiger partial charge in [0.05, 0.1) is 25.1 Å². The van der Waals surface area contributed by atoms with E-state index < -0.39 is 15.9 Å². The number of hydrogen-bond acceptors (Lipinski definition) is 7. The summed E-state index contributed by atoms with van der Waals surface area (Å²) in [4.78, 5) is 21.8. The summed E-state index contributed by atoms with van der Waals surface area (Å²) in [7, 11) is -3.47. The molecule has 0 saturated heterocycles. The number of pyridine rings is 1. The number of sulfonamides is 1. The molecule has 3 N–H and O–H groups in total. The maximum Gasteiger partial charge on any atom is 0.248 e. The molecule has 1 heterocycles. The number of ether oxygens (including phenoxy) is 2. The summed E-state index contributed by atoms with van der Waals surface area (Å²) in [5.74, 6) is 0.830. The van der Waals surface area contributed by atoms with Crippen LogP contribution in [-0.4, -0.2) is 32.2 Å². The lowest BCUT2D eigenvalue weighted by Crippen LogP contribution is -2.23. The van der Waals surface area contributed by atoms with Gasteiger partial charge in [0.15, 0.2) is 5.69 Å². The minimum absolute atomic E-state index is 0.267. The van der Waals surface area contributed by atoms with Crippen molar-refractivity contribution >= 4 is 33.0 Å². The van der Waals surface area contributed by atoms with E-state index in [0.29, 0.717) is 54.7 Å². The largest absolute Gasteiger partial charge is 0.493 e. The van der Waals surface area contributed by atoms with E-state index in [9.17, 15) is 13.2 Å². The highest BCUT2D eigenvalue weighted by molar-refractivity contribution is 7.92. The molecular weight excluding hydrogens is 627 g/mol. The Balaban J connectivity index is 1.35. The van der Waals surface area contributed by atoms with E-state index in [1.54, 1.807) is 48.8 Å². The van der Waals surface area contributed by atoms with Gasteiger partial charge >= 0.3 is 0 Å². The van der Waals surface area contributed by atoms with Crippen molar-refractivity contribution in [3.8, 4) is 17.2 Å². The molecule has 11 heteroatoms. The normalized spacial score (nSPS) is 10.9. The van der Waals surface area contributed by atoms with Crippen molar-refractivity contribution in [3.63, 3.8) is 0 Å². The predicted molar refractivity (Wildman–Crippen MR) is 187 cm³/mol. The third kappa shape index (κ3) is 9.34. The second-order valence-corrected chi connectivity index (χ2v) is 13.0. The number of nitrogens with two attached hydrogens (primary N) is 1. The van der Waals surface area contributed by atoms with Crippen molar-refractivity contribution in [2.24, 2.45) is 5.73 Å². The van der Waals surface area contributed by atoms with Gasteiger partial charge in [0.2, 0.25) is 15.9 Å². The molecule has 0 aliphatic carbocycles. The van der Waals surface area contributed by atoms with Crippen LogP contribution in [0, 0.1) is 13.5 Å². The summed E-state index contributed by atoms with van der Waals surface area (Å²) >= 11 is 0. The molecule has 0 fully saturated rings. The maximum absolute atomic E-state index is 12.0. The molecule has 0 aliphatic rings. The van der Waals surface area contributed by atoms with Crippen LogP contribution in [0.15, 0.2) is 109 Å². The molecule has 10 nitrogen and oxygen atoms in total. The highest BCUT2D eigenvalue weighted by Gasteiger charge is 2.16. The van der Waals surface area contributed by atoms with Crippen LogP contribution >= 0.6 is 0 Å². The van der Waals surface area contributed by atoms with Gasteiger partial charge in [-0.25, -0.2) is 13.3 Å². The van der Waals surface area contributed by atoms with E-state index in [1.165, 1.54) is 0 Å². The molecule has 0 unspecified atom stereocenters. The number of rotatable bonds is 14. The Morgan fingerprint density at radius 3 is 2.21 bits per heavy atom. The lowest BCUT2D eigenvalue weighted by Gasteiger charge is -2.28. The van der Waals surface area contributed by atoms with E-state index in [2.05, 4.69) is 19.5 Å². The Bertz CT molecular complexity index is 2030. The van der Waals surface area contributed by atoms with Crippen LogP contribution in [-0.2, 0) is 29.5 Å². The average Bonchev–Trinajstić information content (AvgIpc) is 3.06. The Morgan fingerprint density at radius 2 is 1.58 bits per heavy atom. The summed E-state index contributed by atoms with van der Waals surface area (Å²) in [6.45, 7) is 10.5. The van der Waals surface area contributed by atoms with Crippen molar-refractivity contribution in [1.82, 2.24) is 4.98 Å². The van der Waals surface area contributed by atoms with Gasteiger partial charge in [-0.3, -0.25) is 14.5 Å². The summed E-state index contributed by atoms with van der Waals surface area (Å²) in [6.07, 6.45) is 5.27. The Hall–Kier alpha value is -5.86. The number of hydrogen-bond donors (Lipinski definition) is 2. The molecule has 0 radical (unpaired) electrons. The van der Waals surface area contributed by atoms with Crippen LogP contribution in [0.5, 0.6) is 17.2 Å². The minimum atomic E-state index is -3.47.